The van der Waals surface area contributed by atoms with Crippen molar-refractivity contribution in [1.82, 2.24) is 10.1 Å². The van der Waals surface area contributed by atoms with Gasteiger partial charge < -0.3 is 13.7 Å². The summed E-state index contributed by atoms with van der Waals surface area (Å²) in [6.07, 6.45) is 0. The van der Waals surface area contributed by atoms with Gasteiger partial charge in [-0.1, -0.05) is 11.2 Å². The summed E-state index contributed by atoms with van der Waals surface area (Å²) < 4.78 is 16.1. The number of esters is 1. The Morgan fingerprint density at radius 2 is 2.00 bits per heavy atom. The Hall–Kier alpha value is -3.78. The Kier molecular flexibility index (Phi) is 4.22. The van der Waals surface area contributed by atoms with Crippen molar-refractivity contribution >= 4 is 39.4 Å². The van der Waals surface area contributed by atoms with Crippen LogP contribution in [0.5, 0.6) is 5.75 Å². The number of rotatable bonds is 3. The molecule has 0 bridgehead atoms. The van der Waals surface area contributed by atoms with E-state index in [0.29, 0.717) is 27.9 Å². The van der Waals surface area contributed by atoms with Crippen molar-refractivity contribution in [3.63, 3.8) is 0 Å². The maximum atomic E-state index is 13.1. The summed E-state index contributed by atoms with van der Waals surface area (Å²) in [6.45, 7) is 3.56. The zero-order valence-corrected chi connectivity index (χ0v) is 16.8. The van der Waals surface area contributed by atoms with E-state index in [1.807, 2.05) is 24.4 Å². The second-order valence-electron chi connectivity index (χ2n) is 6.78. The Balaban J connectivity index is 1.58. The maximum absolute atomic E-state index is 13.1. The molecule has 30 heavy (non-hydrogen) atoms. The van der Waals surface area contributed by atoms with Crippen LogP contribution in [0.4, 0.5) is 0 Å². The number of aryl methyl sites for hydroxylation is 2. The molecular formula is C22H14N2O5S. The van der Waals surface area contributed by atoms with E-state index in [2.05, 4.69) is 10.1 Å². The fourth-order valence-corrected chi connectivity index (χ4v) is 4.02. The first kappa shape index (κ1) is 18.3. The van der Waals surface area contributed by atoms with Crippen molar-refractivity contribution in [3.8, 4) is 16.3 Å². The number of pyridine rings is 1. The van der Waals surface area contributed by atoms with E-state index in [1.165, 1.54) is 23.5 Å². The van der Waals surface area contributed by atoms with Crippen LogP contribution >= 0.6 is 11.3 Å². The second-order valence-corrected chi connectivity index (χ2v) is 7.72. The minimum absolute atomic E-state index is 0.262. The molecule has 5 rings (SSSR count). The summed E-state index contributed by atoms with van der Waals surface area (Å²) in [6, 6.07) is 11.8. The topological polar surface area (TPSA) is 95.4 Å². The van der Waals surface area contributed by atoms with Gasteiger partial charge in [0.05, 0.1) is 27.2 Å². The second kappa shape index (κ2) is 6.93. The highest BCUT2D eigenvalue weighted by Gasteiger charge is 2.21. The van der Waals surface area contributed by atoms with Gasteiger partial charge >= 0.3 is 11.6 Å². The number of aromatic nitrogens is 2. The maximum Gasteiger partial charge on any atom is 0.344 e. The monoisotopic (exact) mass is 418 g/mol. The minimum Gasteiger partial charge on any atom is -0.423 e. The van der Waals surface area contributed by atoms with E-state index < -0.39 is 11.6 Å². The highest BCUT2D eigenvalue weighted by Crippen LogP contribution is 2.30. The first-order valence-electron chi connectivity index (χ1n) is 9.07. The predicted octanol–water partition coefficient (Wildman–Crippen LogP) is 4.89. The third-order valence-electron chi connectivity index (χ3n) is 4.74. The van der Waals surface area contributed by atoms with Crippen LogP contribution in [0.3, 0.4) is 0 Å². The number of ether oxygens (including phenoxy) is 1. The average Bonchev–Trinajstić information content (AvgIpc) is 3.37. The Morgan fingerprint density at radius 3 is 2.80 bits per heavy atom. The lowest BCUT2D eigenvalue weighted by Crippen LogP contribution is -2.10. The third-order valence-corrected chi connectivity index (χ3v) is 5.64. The molecule has 0 aliphatic rings. The van der Waals surface area contributed by atoms with E-state index in [4.69, 9.17) is 13.7 Å². The SMILES string of the molecule is Cc1cc(=O)oc2cc(OC(=O)c3cc(-c4cccs4)nc4onc(C)c34)ccc12. The summed E-state index contributed by atoms with van der Waals surface area (Å²) in [5.74, 6) is -0.321. The molecule has 0 aliphatic heterocycles. The van der Waals surface area contributed by atoms with Crippen LogP contribution in [-0.2, 0) is 0 Å². The molecule has 0 amide bonds. The average molecular weight is 418 g/mol. The number of benzene rings is 1. The number of carbonyl (C=O) groups excluding carboxylic acids is 1. The van der Waals surface area contributed by atoms with Gasteiger partial charge in [-0.25, -0.2) is 14.6 Å². The van der Waals surface area contributed by atoms with Gasteiger partial charge in [0, 0.05) is 17.5 Å². The number of thiophene rings is 1. The molecule has 0 saturated carbocycles. The van der Waals surface area contributed by atoms with E-state index in [9.17, 15) is 9.59 Å². The summed E-state index contributed by atoms with van der Waals surface area (Å²) >= 11 is 1.50. The van der Waals surface area contributed by atoms with Crippen molar-refractivity contribution in [2.45, 2.75) is 13.8 Å². The van der Waals surface area contributed by atoms with Crippen LogP contribution in [0.15, 0.2) is 61.6 Å². The number of hydrogen-bond donors (Lipinski definition) is 0. The quantitative estimate of drug-likeness (QED) is 0.234. The molecule has 4 aromatic heterocycles. The van der Waals surface area contributed by atoms with Gasteiger partial charge in [0.1, 0.15) is 11.3 Å². The molecule has 8 heteroatoms. The van der Waals surface area contributed by atoms with Crippen LogP contribution in [0.25, 0.3) is 32.6 Å². The lowest BCUT2D eigenvalue weighted by Gasteiger charge is -2.08. The van der Waals surface area contributed by atoms with E-state index in [-0.39, 0.29) is 11.5 Å². The van der Waals surface area contributed by atoms with Gasteiger partial charge in [-0.15, -0.1) is 11.3 Å². The first-order chi connectivity index (χ1) is 14.5. The molecule has 0 radical (unpaired) electrons. The Labute approximate surface area is 173 Å². The van der Waals surface area contributed by atoms with Crippen LogP contribution in [0.2, 0.25) is 0 Å². The van der Waals surface area contributed by atoms with Gasteiger partial charge in [-0.05, 0) is 49.1 Å². The molecular weight excluding hydrogens is 404 g/mol. The normalized spacial score (nSPS) is 11.3. The van der Waals surface area contributed by atoms with E-state index >= 15 is 0 Å². The van der Waals surface area contributed by atoms with E-state index in [1.54, 1.807) is 25.1 Å². The third kappa shape index (κ3) is 3.07. The van der Waals surface area contributed by atoms with Crippen LogP contribution in [0, 0.1) is 13.8 Å². The lowest BCUT2D eigenvalue weighted by molar-refractivity contribution is 0.0737. The van der Waals surface area contributed by atoms with Crippen LogP contribution in [0.1, 0.15) is 21.6 Å². The van der Waals surface area contributed by atoms with Gasteiger partial charge in [0.15, 0.2) is 0 Å². The Morgan fingerprint density at radius 1 is 1.13 bits per heavy atom. The van der Waals surface area contributed by atoms with Gasteiger partial charge in [-0.3, -0.25) is 0 Å². The smallest absolute Gasteiger partial charge is 0.344 e. The highest BCUT2D eigenvalue weighted by atomic mass is 32.1. The predicted molar refractivity (Wildman–Crippen MR) is 112 cm³/mol. The molecule has 0 saturated heterocycles. The number of nitrogens with zero attached hydrogens (tertiary/aromatic N) is 2. The molecule has 0 N–H and O–H groups in total. The molecule has 0 atom stereocenters. The molecule has 7 nitrogen and oxygen atoms in total. The lowest BCUT2D eigenvalue weighted by atomic mass is 10.1. The summed E-state index contributed by atoms with van der Waals surface area (Å²) in [5.41, 5.74) is 2.39. The Bertz CT molecular complexity index is 1480. The fraction of sp³-hybridized carbons (Fsp3) is 0.0909. The number of carbonyl (C=O) groups is 1. The molecule has 0 spiro atoms. The van der Waals surface area contributed by atoms with Gasteiger partial charge in [0.25, 0.3) is 5.71 Å². The van der Waals surface area contributed by atoms with Crippen LogP contribution in [-0.4, -0.2) is 16.1 Å². The summed E-state index contributed by atoms with van der Waals surface area (Å²) in [7, 11) is 0. The fourth-order valence-electron chi connectivity index (χ4n) is 3.34. The van der Waals surface area contributed by atoms with Crippen molar-refractivity contribution in [3.05, 3.63) is 75.1 Å². The van der Waals surface area contributed by atoms with Gasteiger partial charge in [-0.2, -0.15) is 0 Å². The van der Waals surface area contributed by atoms with E-state index in [0.717, 1.165) is 15.8 Å². The van der Waals surface area contributed by atoms with Crippen LogP contribution < -0.4 is 10.4 Å². The summed E-state index contributed by atoms with van der Waals surface area (Å²) in [5, 5.41) is 7.14. The summed E-state index contributed by atoms with van der Waals surface area (Å²) in [4.78, 5) is 30.1. The van der Waals surface area contributed by atoms with Crippen molar-refractivity contribution in [1.29, 1.82) is 0 Å². The number of hydrogen-bond acceptors (Lipinski definition) is 8. The highest BCUT2D eigenvalue weighted by molar-refractivity contribution is 7.13. The molecule has 0 aliphatic carbocycles. The van der Waals surface area contributed by atoms with Crippen molar-refractivity contribution < 1.29 is 18.5 Å². The first-order valence-corrected chi connectivity index (χ1v) is 9.95. The zero-order valence-electron chi connectivity index (χ0n) is 16.0. The number of fused-ring (bicyclic) bond motifs is 2. The molecule has 148 valence electrons. The molecule has 5 aromatic rings. The van der Waals surface area contributed by atoms with Crippen molar-refractivity contribution in [2.75, 3.05) is 0 Å². The standard InChI is InChI=1S/C22H14N2O5S/c1-11-8-19(25)28-17-9-13(5-6-14(11)17)27-22(26)15-10-16(18-4-3-7-30-18)23-21-20(15)12(2)24-29-21/h3-10H,1-2H3. The van der Waals surface area contributed by atoms with Gasteiger partial charge in [0.2, 0.25) is 0 Å². The largest absolute Gasteiger partial charge is 0.423 e. The molecule has 4 heterocycles. The molecule has 0 fully saturated rings. The minimum atomic E-state index is -0.583. The molecule has 1 aromatic carbocycles. The zero-order chi connectivity index (χ0) is 20.8. The molecule has 0 unspecified atom stereocenters. The van der Waals surface area contributed by atoms with Crippen molar-refractivity contribution in [2.24, 2.45) is 0 Å².